The third-order valence-electron chi connectivity index (χ3n) is 5.77. The van der Waals surface area contributed by atoms with Gasteiger partial charge in [-0.15, -0.1) is 0 Å². The Labute approximate surface area is 191 Å². The SMILES string of the molecule is Cc1noc(C#Cc2ccc(CC3(C(=O)O)CC3)cc2)c1NC(=O)OC(C)c1ccccc1. The molecule has 168 valence electrons. The highest BCUT2D eigenvalue weighted by atomic mass is 16.6. The van der Waals surface area contributed by atoms with Crippen LogP contribution in [-0.4, -0.2) is 22.3 Å². The Morgan fingerprint density at radius 3 is 2.48 bits per heavy atom. The summed E-state index contributed by atoms with van der Waals surface area (Å²) in [7, 11) is 0. The van der Waals surface area contributed by atoms with Crippen LogP contribution in [0, 0.1) is 24.2 Å². The molecule has 1 amide bonds. The summed E-state index contributed by atoms with van der Waals surface area (Å²) < 4.78 is 10.7. The minimum atomic E-state index is -0.733. The van der Waals surface area contributed by atoms with Crippen molar-refractivity contribution in [3.63, 3.8) is 0 Å². The summed E-state index contributed by atoms with van der Waals surface area (Å²) in [5.74, 6) is 5.38. The largest absolute Gasteiger partial charge is 0.481 e. The number of ether oxygens (including phenoxy) is 1. The molecule has 4 rings (SSSR count). The predicted octanol–water partition coefficient (Wildman–Crippen LogP) is 5.10. The average Bonchev–Trinajstić information content (AvgIpc) is 3.52. The topological polar surface area (TPSA) is 102 Å². The molecule has 7 heteroatoms. The van der Waals surface area contributed by atoms with Crippen molar-refractivity contribution < 1.29 is 24.0 Å². The quantitative estimate of drug-likeness (QED) is 0.513. The lowest BCUT2D eigenvalue weighted by atomic mass is 9.96. The van der Waals surface area contributed by atoms with Crippen molar-refractivity contribution in [2.24, 2.45) is 5.41 Å². The number of nitrogens with one attached hydrogen (secondary N) is 1. The number of carboxylic acid groups (broad SMARTS) is 1. The molecule has 1 aliphatic carbocycles. The lowest BCUT2D eigenvalue weighted by molar-refractivity contribution is -0.143. The first-order valence-corrected chi connectivity index (χ1v) is 10.7. The number of carbonyl (C=O) groups is 2. The third kappa shape index (κ3) is 5.24. The number of aromatic nitrogens is 1. The molecule has 2 aromatic carbocycles. The number of rotatable bonds is 6. The van der Waals surface area contributed by atoms with Crippen LogP contribution < -0.4 is 5.32 Å². The summed E-state index contributed by atoms with van der Waals surface area (Å²) in [6.07, 6.45) is 0.913. The third-order valence-corrected chi connectivity index (χ3v) is 5.77. The number of hydrogen-bond acceptors (Lipinski definition) is 5. The zero-order chi connectivity index (χ0) is 23.4. The van der Waals surface area contributed by atoms with Crippen LogP contribution in [0.1, 0.15) is 54.0 Å². The van der Waals surface area contributed by atoms with Gasteiger partial charge >= 0.3 is 12.1 Å². The van der Waals surface area contributed by atoms with Gasteiger partial charge in [0.25, 0.3) is 0 Å². The highest BCUT2D eigenvalue weighted by molar-refractivity contribution is 5.87. The fourth-order valence-electron chi connectivity index (χ4n) is 3.53. The minimum absolute atomic E-state index is 0.226. The van der Waals surface area contributed by atoms with Crippen LogP contribution >= 0.6 is 0 Å². The molecule has 1 aliphatic rings. The molecule has 0 aliphatic heterocycles. The Kier molecular flexibility index (Phi) is 6.18. The van der Waals surface area contributed by atoms with E-state index in [0.29, 0.717) is 17.8 Å². The van der Waals surface area contributed by atoms with Gasteiger partial charge in [-0.25, -0.2) is 4.79 Å². The number of anilines is 1. The summed E-state index contributed by atoms with van der Waals surface area (Å²) in [5.41, 5.74) is 2.84. The smallest absolute Gasteiger partial charge is 0.412 e. The van der Waals surface area contributed by atoms with Crippen LogP contribution in [0.2, 0.25) is 0 Å². The number of carboxylic acids is 1. The van der Waals surface area contributed by atoms with Crippen molar-refractivity contribution in [3.05, 3.63) is 82.7 Å². The van der Waals surface area contributed by atoms with E-state index in [1.54, 1.807) is 13.8 Å². The van der Waals surface area contributed by atoms with Gasteiger partial charge in [-0.05, 0) is 62.3 Å². The second kappa shape index (κ2) is 9.21. The average molecular weight is 444 g/mol. The van der Waals surface area contributed by atoms with E-state index in [1.165, 1.54) is 0 Å². The van der Waals surface area contributed by atoms with Gasteiger partial charge in [0.05, 0.1) is 5.41 Å². The molecule has 0 saturated heterocycles. The van der Waals surface area contributed by atoms with Gasteiger partial charge in [-0.2, -0.15) is 0 Å². The highest BCUT2D eigenvalue weighted by Gasteiger charge is 2.49. The highest BCUT2D eigenvalue weighted by Crippen LogP contribution is 2.48. The molecule has 1 aromatic heterocycles. The molecule has 1 fully saturated rings. The van der Waals surface area contributed by atoms with Gasteiger partial charge in [-0.3, -0.25) is 10.1 Å². The van der Waals surface area contributed by atoms with E-state index in [2.05, 4.69) is 22.3 Å². The Hall–Kier alpha value is -4.05. The Morgan fingerprint density at radius 1 is 1.15 bits per heavy atom. The van der Waals surface area contributed by atoms with Crippen molar-refractivity contribution in [2.45, 2.75) is 39.2 Å². The van der Waals surface area contributed by atoms with Crippen molar-refractivity contribution in [1.29, 1.82) is 0 Å². The lowest BCUT2D eigenvalue weighted by Gasteiger charge is -2.13. The zero-order valence-corrected chi connectivity index (χ0v) is 18.4. The first kappa shape index (κ1) is 22.2. The van der Waals surface area contributed by atoms with E-state index in [1.807, 2.05) is 54.6 Å². The molecule has 1 saturated carbocycles. The van der Waals surface area contributed by atoms with Gasteiger partial charge < -0.3 is 14.4 Å². The number of amides is 1. The molecule has 2 N–H and O–H groups in total. The second-order valence-corrected chi connectivity index (χ2v) is 8.26. The fraction of sp³-hybridized carbons (Fsp3) is 0.269. The van der Waals surface area contributed by atoms with Crippen LogP contribution in [0.3, 0.4) is 0 Å². The molecule has 7 nitrogen and oxygen atoms in total. The summed E-state index contributed by atoms with van der Waals surface area (Å²) in [6, 6.07) is 16.9. The summed E-state index contributed by atoms with van der Waals surface area (Å²) >= 11 is 0. The molecular weight excluding hydrogens is 420 g/mol. The maximum Gasteiger partial charge on any atom is 0.412 e. The number of carbonyl (C=O) groups excluding carboxylic acids is 1. The van der Waals surface area contributed by atoms with Crippen LogP contribution in [-0.2, 0) is 16.0 Å². The molecule has 0 spiro atoms. The standard InChI is InChI=1S/C26H24N2O5/c1-17-23(27-25(31)32-18(2)21-6-4-3-5-7-21)22(33-28-17)13-12-19-8-10-20(11-9-19)16-26(14-15-26)24(29)30/h3-11,18H,14-16H2,1-2H3,(H,27,31)(H,29,30). The monoisotopic (exact) mass is 444 g/mol. The summed E-state index contributed by atoms with van der Waals surface area (Å²) in [4.78, 5) is 23.8. The zero-order valence-electron chi connectivity index (χ0n) is 18.4. The fourth-order valence-corrected chi connectivity index (χ4v) is 3.53. The van der Waals surface area contributed by atoms with E-state index in [0.717, 1.165) is 29.5 Å². The number of nitrogens with zero attached hydrogens (tertiary/aromatic N) is 1. The Bertz CT molecular complexity index is 1220. The van der Waals surface area contributed by atoms with Gasteiger partial charge in [0.2, 0.25) is 5.76 Å². The Morgan fingerprint density at radius 2 is 1.85 bits per heavy atom. The molecule has 0 bridgehead atoms. The summed E-state index contributed by atoms with van der Waals surface area (Å²) in [5, 5.41) is 15.9. The molecular formula is C26H24N2O5. The maximum atomic E-state index is 12.4. The first-order chi connectivity index (χ1) is 15.9. The molecule has 1 unspecified atom stereocenters. The Balaban J connectivity index is 1.41. The van der Waals surface area contributed by atoms with Crippen molar-refractivity contribution in [3.8, 4) is 11.8 Å². The van der Waals surface area contributed by atoms with Gasteiger partial charge in [-0.1, -0.05) is 53.5 Å². The van der Waals surface area contributed by atoms with Crippen molar-refractivity contribution in [2.75, 3.05) is 5.32 Å². The van der Waals surface area contributed by atoms with Crippen molar-refractivity contribution >= 4 is 17.7 Å². The second-order valence-electron chi connectivity index (χ2n) is 8.26. The number of aryl methyl sites for hydroxylation is 1. The van der Waals surface area contributed by atoms with E-state index in [4.69, 9.17) is 9.26 Å². The van der Waals surface area contributed by atoms with Gasteiger partial charge in [0.1, 0.15) is 17.5 Å². The molecule has 3 aromatic rings. The van der Waals surface area contributed by atoms with Crippen molar-refractivity contribution in [1.82, 2.24) is 5.16 Å². The van der Waals surface area contributed by atoms with Gasteiger partial charge in [0.15, 0.2) is 0 Å². The van der Waals surface area contributed by atoms with Gasteiger partial charge in [0, 0.05) is 5.56 Å². The van der Waals surface area contributed by atoms with E-state index in [-0.39, 0.29) is 5.76 Å². The minimum Gasteiger partial charge on any atom is -0.481 e. The van der Waals surface area contributed by atoms with E-state index < -0.39 is 23.6 Å². The van der Waals surface area contributed by atoms with Crippen LogP contribution in [0.25, 0.3) is 0 Å². The molecule has 0 radical (unpaired) electrons. The molecule has 1 atom stereocenters. The number of benzene rings is 2. The van der Waals surface area contributed by atoms with Crippen LogP contribution in [0.4, 0.5) is 10.5 Å². The van der Waals surface area contributed by atoms with E-state index >= 15 is 0 Å². The van der Waals surface area contributed by atoms with Crippen LogP contribution in [0.5, 0.6) is 0 Å². The predicted molar refractivity (Wildman–Crippen MR) is 122 cm³/mol. The van der Waals surface area contributed by atoms with Crippen LogP contribution in [0.15, 0.2) is 59.1 Å². The first-order valence-electron chi connectivity index (χ1n) is 10.7. The van der Waals surface area contributed by atoms with E-state index in [9.17, 15) is 14.7 Å². The maximum absolute atomic E-state index is 12.4. The molecule has 33 heavy (non-hydrogen) atoms. The normalized spacial score (nSPS) is 14.5. The number of aliphatic carboxylic acids is 1. The lowest BCUT2D eigenvalue weighted by Crippen LogP contribution is -2.17. The molecule has 1 heterocycles. The summed E-state index contributed by atoms with van der Waals surface area (Å²) in [6.45, 7) is 3.50. The number of hydrogen-bond donors (Lipinski definition) is 2.